The summed E-state index contributed by atoms with van der Waals surface area (Å²) < 4.78 is 9.58. The van der Waals surface area contributed by atoms with Gasteiger partial charge in [0.15, 0.2) is 11.5 Å². The van der Waals surface area contributed by atoms with Crippen LogP contribution in [-0.4, -0.2) is 57.0 Å². The predicted octanol–water partition coefficient (Wildman–Crippen LogP) is 1.93. The van der Waals surface area contributed by atoms with Crippen LogP contribution in [0.1, 0.15) is 11.3 Å². The zero-order chi connectivity index (χ0) is 20.0. The normalized spacial score (nSPS) is 15.6. The highest BCUT2D eigenvalue weighted by Gasteiger charge is 2.20. The fourth-order valence-corrected chi connectivity index (χ4v) is 4.23. The van der Waals surface area contributed by atoms with E-state index in [0.717, 1.165) is 61.6 Å². The van der Waals surface area contributed by atoms with Crippen LogP contribution in [0.3, 0.4) is 0 Å². The summed E-state index contributed by atoms with van der Waals surface area (Å²) in [5, 5.41) is 6.41. The number of rotatable bonds is 4. The van der Waals surface area contributed by atoms with E-state index < -0.39 is 0 Å². The standard InChI is InChI=1S/C21H23ClN6O/c1-14-15(2)27(8-7-26-9-11-29-12-10-26)20-18(14)21-24-19(25-28(21)13-23-20)16-3-5-17(22)6-4-16/h3-6,13H,7-12H2,1-2H3/p+1. The Morgan fingerprint density at radius 2 is 1.86 bits per heavy atom. The third kappa shape index (κ3) is 3.29. The molecule has 3 aromatic heterocycles. The lowest BCUT2D eigenvalue weighted by Crippen LogP contribution is -3.14. The Kier molecular flexibility index (Phi) is 4.73. The van der Waals surface area contributed by atoms with Crippen molar-refractivity contribution in [3.8, 4) is 11.4 Å². The molecule has 7 nitrogen and oxygen atoms in total. The average Bonchev–Trinajstić information content (AvgIpc) is 3.27. The minimum atomic E-state index is 0.679. The van der Waals surface area contributed by atoms with Crippen LogP contribution in [0.4, 0.5) is 0 Å². The molecule has 0 unspecified atom stereocenters. The number of nitrogens with zero attached hydrogens (tertiary/aromatic N) is 5. The van der Waals surface area contributed by atoms with E-state index in [1.807, 2.05) is 24.3 Å². The van der Waals surface area contributed by atoms with Crippen LogP contribution in [0.5, 0.6) is 0 Å². The Morgan fingerprint density at radius 3 is 2.62 bits per heavy atom. The van der Waals surface area contributed by atoms with Gasteiger partial charge in [0.1, 0.15) is 25.1 Å². The molecule has 29 heavy (non-hydrogen) atoms. The molecule has 1 aliphatic heterocycles. The molecule has 1 saturated heterocycles. The lowest BCUT2D eigenvalue weighted by atomic mass is 10.2. The molecule has 0 radical (unpaired) electrons. The number of aromatic nitrogens is 5. The molecular weight excluding hydrogens is 388 g/mol. The molecule has 4 heterocycles. The van der Waals surface area contributed by atoms with Gasteiger partial charge in [0, 0.05) is 16.3 Å². The molecule has 0 bridgehead atoms. The molecule has 1 aliphatic rings. The molecule has 0 amide bonds. The van der Waals surface area contributed by atoms with Crippen molar-refractivity contribution < 1.29 is 9.64 Å². The van der Waals surface area contributed by atoms with E-state index in [-0.39, 0.29) is 0 Å². The fourth-order valence-electron chi connectivity index (χ4n) is 4.11. The minimum absolute atomic E-state index is 0.679. The molecule has 0 spiro atoms. The first-order valence-corrected chi connectivity index (χ1v) is 10.4. The molecular formula is C21H24ClN6O+. The van der Waals surface area contributed by atoms with Crippen molar-refractivity contribution in [2.24, 2.45) is 0 Å². The summed E-state index contributed by atoms with van der Waals surface area (Å²) in [4.78, 5) is 11.2. The highest BCUT2D eigenvalue weighted by molar-refractivity contribution is 6.30. The van der Waals surface area contributed by atoms with Gasteiger partial charge in [0.25, 0.3) is 0 Å². The van der Waals surface area contributed by atoms with Gasteiger partial charge in [-0.25, -0.2) is 14.5 Å². The number of nitrogens with one attached hydrogen (secondary N) is 1. The van der Waals surface area contributed by atoms with E-state index in [2.05, 4.69) is 23.5 Å². The van der Waals surface area contributed by atoms with Gasteiger partial charge in [-0.1, -0.05) is 11.6 Å². The van der Waals surface area contributed by atoms with Crippen molar-refractivity contribution in [2.45, 2.75) is 20.4 Å². The number of halogens is 1. The van der Waals surface area contributed by atoms with E-state index in [1.165, 1.54) is 11.3 Å². The number of morpholine rings is 1. The Bertz CT molecular complexity index is 1170. The number of quaternary nitrogens is 1. The van der Waals surface area contributed by atoms with Crippen LogP contribution >= 0.6 is 11.6 Å². The van der Waals surface area contributed by atoms with E-state index in [9.17, 15) is 0 Å². The summed E-state index contributed by atoms with van der Waals surface area (Å²) in [6.45, 7) is 10.2. The summed E-state index contributed by atoms with van der Waals surface area (Å²) in [5.74, 6) is 0.679. The predicted molar refractivity (Wildman–Crippen MR) is 113 cm³/mol. The van der Waals surface area contributed by atoms with Crippen molar-refractivity contribution >= 4 is 28.3 Å². The van der Waals surface area contributed by atoms with Gasteiger partial charge in [-0.05, 0) is 43.7 Å². The largest absolute Gasteiger partial charge is 0.370 e. The van der Waals surface area contributed by atoms with Crippen LogP contribution in [0, 0.1) is 13.8 Å². The second kappa shape index (κ2) is 7.40. The molecule has 150 valence electrons. The number of benzene rings is 1. The molecule has 1 fully saturated rings. The second-order valence-electron chi connectivity index (χ2n) is 7.63. The zero-order valence-electron chi connectivity index (χ0n) is 16.7. The summed E-state index contributed by atoms with van der Waals surface area (Å²) in [6, 6.07) is 7.60. The third-order valence-corrected chi connectivity index (χ3v) is 6.19. The van der Waals surface area contributed by atoms with Gasteiger partial charge in [0.2, 0.25) is 0 Å². The number of fused-ring (bicyclic) bond motifs is 3. The van der Waals surface area contributed by atoms with Crippen molar-refractivity contribution in [1.82, 2.24) is 24.1 Å². The monoisotopic (exact) mass is 411 g/mol. The molecule has 0 atom stereocenters. The van der Waals surface area contributed by atoms with Crippen molar-refractivity contribution in [3.63, 3.8) is 0 Å². The SMILES string of the molecule is Cc1c(C)n(CC[NH+]2CCOCC2)c2ncn3nc(-c4ccc(Cl)cc4)nc3c12. The Hall–Kier alpha value is -2.48. The lowest BCUT2D eigenvalue weighted by molar-refractivity contribution is -0.908. The van der Waals surface area contributed by atoms with Gasteiger partial charge in [0.05, 0.1) is 31.7 Å². The summed E-state index contributed by atoms with van der Waals surface area (Å²) in [5.41, 5.74) is 5.22. The molecule has 1 aromatic carbocycles. The Labute approximate surface area is 173 Å². The van der Waals surface area contributed by atoms with Crippen LogP contribution < -0.4 is 4.90 Å². The quantitative estimate of drug-likeness (QED) is 0.557. The summed E-state index contributed by atoms with van der Waals surface area (Å²) >= 11 is 6.02. The smallest absolute Gasteiger partial charge is 0.182 e. The fraction of sp³-hybridized carbons (Fsp3) is 0.381. The minimum Gasteiger partial charge on any atom is -0.370 e. The molecule has 0 aliphatic carbocycles. The number of hydrogen-bond donors (Lipinski definition) is 1. The van der Waals surface area contributed by atoms with Crippen molar-refractivity contribution in [2.75, 3.05) is 32.8 Å². The Balaban J connectivity index is 1.55. The first-order chi connectivity index (χ1) is 14.1. The van der Waals surface area contributed by atoms with Gasteiger partial charge in [-0.2, -0.15) is 0 Å². The third-order valence-electron chi connectivity index (χ3n) is 5.94. The van der Waals surface area contributed by atoms with E-state index in [4.69, 9.17) is 26.3 Å². The summed E-state index contributed by atoms with van der Waals surface area (Å²) in [6.07, 6.45) is 1.76. The first-order valence-electron chi connectivity index (χ1n) is 10.00. The Morgan fingerprint density at radius 1 is 1.10 bits per heavy atom. The maximum Gasteiger partial charge on any atom is 0.182 e. The van der Waals surface area contributed by atoms with Gasteiger partial charge < -0.3 is 14.2 Å². The average molecular weight is 412 g/mol. The highest BCUT2D eigenvalue weighted by Crippen LogP contribution is 2.28. The van der Waals surface area contributed by atoms with Crippen LogP contribution in [0.25, 0.3) is 28.1 Å². The number of hydrogen-bond acceptors (Lipinski definition) is 4. The molecule has 1 N–H and O–H groups in total. The first kappa shape index (κ1) is 18.5. The summed E-state index contributed by atoms with van der Waals surface area (Å²) in [7, 11) is 0. The number of aryl methyl sites for hydroxylation is 1. The van der Waals surface area contributed by atoms with E-state index in [0.29, 0.717) is 10.8 Å². The molecule has 5 rings (SSSR count). The van der Waals surface area contributed by atoms with Crippen molar-refractivity contribution in [3.05, 3.63) is 46.9 Å². The van der Waals surface area contributed by atoms with Gasteiger partial charge >= 0.3 is 0 Å². The van der Waals surface area contributed by atoms with Crippen LogP contribution in [0.2, 0.25) is 5.02 Å². The second-order valence-corrected chi connectivity index (χ2v) is 8.06. The van der Waals surface area contributed by atoms with Gasteiger partial charge in [-0.15, -0.1) is 5.10 Å². The lowest BCUT2D eigenvalue weighted by Gasteiger charge is -2.24. The maximum absolute atomic E-state index is 6.02. The highest BCUT2D eigenvalue weighted by atomic mass is 35.5. The topological polar surface area (TPSA) is 61.7 Å². The van der Waals surface area contributed by atoms with E-state index in [1.54, 1.807) is 15.7 Å². The maximum atomic E-state index is 6.02. The molecule has 8 heteroatoms. The number of ether oxygens (including phenoxy) is 1. The zero-order valence-corrected chi connectivity index (χ0v) is 17.4. The van der Waals surface area contributed by atoms with Crippen LogP contribution in [0.15, 0.2) is 30.6 Å². The molecule has 4 aromatic rings. The van der Waals surface area contributed by atoms with Crippen LogP contribution in [-0.2, 0) is 11.3 Å². The van der Waals surface area contributed by atoms with Crippen molar-refractivity contribution in [1.29, 1.82) is 0 Å². The van der Waals surface area contributed by atoms with E-state index >= 15 is 0 Å². The van der Waals surface area contributed by atoms with Gasteiger partial charge in [-0.3, -0.25) is 0 Å². The molecule has 0 saturated carbocycles.